The highest BCUT2D eigenvalue weighted by atomic mass is 32.1. The fraction of sp³-hybridized carbons (Fsp3) is 0.316. The molecular weight excluding hydrogens is 304 g/mol. The number of rotatable bonds is 4. The van der Waals surface area contributed by atoms with Crippen LogP contribution in [-0.2, 0) is 0 Å². The molecule has 0 bridgehead atoms. The highest BCUT2D eigenvalue weighted by Crippen LogP contribution is 2.32. The largest absolute Gasteiger partial charge is 0.431 e. The molecule has 0 radical (unpaired) electrons. The summed E-state index contributed by atoms with van der Waals surface area (Å²) >= 11 is 1.58. The van der Waals surface area contributed by atoms with Gasteiger partial charge in [0.05, 0.1) is 10.2 Å². The number of fused-ring (bicyclic) bond motifs is 1. The van der Waals surface area contributed by atoms with Crippen LogP contribution < -0.4 is 4.74 Å². The van der Waals surface area contributed by atoms with Crippen molar-refractivity contribution in [1.29, 1.82) is 0 Å². The summed E-state index contributed by atoms with van der Waals surface area (Å²) in [5.41, 5.74) is 2.34. The summed E-state index contributed by atoms with van der Waals surface area (Å²) < 4.78 is 7.07. The third kappa shape index (κ3) is 3.09. The number of benzene rings is 2. The Hall–Kier alpha value is -1.91. The van der Waals surface area contributed by atoms with Crippen molar-refractivity contribution in [3.05, 3.63) is 54.1 Å². The quantitative estimate of drug-likeness (QED) is 0.656. The molecule has 23 heavy (non-hydrogen) atoms. The maximum atomic E-state index is 5.92. The van der Waals surface area contributed by atoms with Gasteiger partial charge >= 0.3 is 0 Å². The molecule has 3 aromatic rings. The van der Waals surface area contributed by atoms with Crippen LogP contribution in [0.3, 0.4) is 0 Å². The van der Waals surface area contributed by atoms with E-state index in [9.17, 15) is 0 Å². The fourth-order valence-corrected chi connectivity index (χ4v) is 3.98. The van der Waals surface area contributed by atoms with E-state index in [4.69, 9.17) is 4.74 Å². The molecule has 118 valence electrons. The Morgan fingerprint density at radius 1 is 1.04 bits per heavy atom. The lowest BCUT2D eigenvalue weighted by molar-refractivity contribution is 0.263. The topological polar surface area (TPSA) is 25.4 Å². The summed E-state index contributed by atoms with van der Waals surface area (Å²) in [7, 11) is 0. The van der Waals surface area contributed by atoms with E-state index >= 15 is 0 Å². The molecule has 0 amide bonds. The first-order valence-corrected chi connectivity index (χ1v) is 8.99. The van der Waals surface area contributed by atoms with Gasteiger partial charge in [-0.3, -0.25) is 4.90 Å². The van der Waals surface area contributed by atoms with Crippen molar-refractivity contribution in [3.63, 3.8) is 0 Å². The average Bonchev–Trinajstić information content (AvgIpc) is 3.24. The van der Waals surface area contributed by atoms with Crippen molar-refractivity contribution in [2.75, 3.05) is 13.1 Å². The van der Waals surface area contributed by atoms with E-state index in [1.54, 1.807) is 11.3 Å². The number of nitrogens with zero attached hydrogens (tertiary/aromatic N) is 2. The molecule has 1 saturated heterocycles. The standard InChI is InChI=1S/C19H20N2OS/c1-14(21-12-4-5-13-21)15-8-10-16(11-9-15)22-19-20-17-6-2-3-7-18(17)23-19/h2-3,6-11,14H,4-5,12-13H2,1H3. The maximum absolute atomic E-state index is 5.92. The van der Waals surface area contributed by atoms with Crippen molar-refractivity contribution in [2.24, 2.45) is 0 Å². The minimum atomic E-state index is 0.481. The van der Waals surface area contributed by atoms with E-state index in [2.05, 4.69) is 35.0 Å². The lowest BCUT2D eigenvalue weighted by Crippen LogP contribution is -2.23. The minimum absolute atomic E-state index is 0.481. The first kappa shape index (κ1) is 14.7. The number of aromatic nitrogens is 1. The van der Waals surface area contributed by atoms with Crippen LogP contribution in [0.2, 0.25) is 0 Å². The summed E-state index contributed by atoms with van der Waals surface area (Å²) in [4.78, 5) is 7.06. The second-order valence-corrected chi connectivity index (χ2v) is 7.03. The lowest BCUT2D eigenvalue weighted by Gasteiger charge is -2.24. The monoisotopic (exact) mass is 324 g/mol. The molecule has 0 saturated carbocycles. The van der Waals surface area contributed by atoms with E-state index in [0.29, 0.717) is 11.2 Å². The van der Waals surface area contributed by atoms with Crippen molar-refractivity contribution >= 4 is 21.6 Å². The van der Waals surface area contributed by atoms with Gasteiger partial charge in [-0.2, -0.15) is 0 Å². The zero-order chi connectivity index (χ0) is 15.6. The number of hydrogen-bond donors (Lipinski definition) is 0. The van der Waals surface area contributed by atoms with Crippen molar-refractivity contribution in [1.82, 2.24) is 9.88 Å². The van der Waals surface area contributed by atoms with E-state index in [1.165, 1.54) is 31.5 Å². The predicted molar refractivity (Wildman–Crippen MR) is 95.4 cm³/mol. The van der Waals surface area contributed by atoms with Gasteiger partial charge < -0.3 is 4.74 Å². The molecule has 2 heterocycles. The van der Waals surface area contributed by atoms with Crippen LogP contribution in [0, 0.1) is 0 Å². The first-order valence-electron chi connectivity index (χ1n) is 8.17. The molecule has 1 atom stereocenters. The molecule has 4 heteroatoms. The minimum Gasteiger partial charge on any atom is -0.431 e. The van der Waals surface area contributed by atoms with Gasteiger partial charge in [0.25, 0.3) is 5.19 Å². The number of thiazole rings is 1. The van der Waals surface area contributed by atoms with Gasteiger partial charge in [-0.15, -0.1) is 0 Å². The molecule has 1 aromatic heterocycles. The first-order chi connectivity index (χ1) is 11.3. The fourth-order valence-electron chi connectivity index (χ4n) is 3.15. The molecule has 3 nitrogen and oxygen atoms in total. The van der Waals surface area contributed by atoms with Crippen LogP contribution in [0.15, 0.2) is 48.5 Å². The summed E-state index contributed by atoms with van der Waals surface area (Å²) in [5.74, 6) is 0.849. The van der Waals surface area contributed by atoms with E-state index in [-0.39, 0.29) is 0 Å². The SMILES string of the molecule is CC(c1ccc(Oc2nc3ccccc3s2)cc1)N1CCCC1. The second-order valence-electron chi connectivity index (χ2n) is 6.04. The Balaban J connectivity index is 1.49. The van der Waals surface area contributed by atoms with Gasteiger partial charge in [-0.1, -0.05) is 35.6 Å². The normalized spacial score (nSPS) is 16.7. The third-order valence-electron chi connectivity index (χ3n) is 4.53. The van der Waals surface area contributed by atoms with Gasteiger partial charge in [-0.05, 0) is 62.7 Å². The summed E-state index contributed by atoms with van der Waals surface area (Å²) in [6.45, 7) is 4.71. The molecule has 1 fully saturated rings. The second kappa shape index (κ2) is 6.30. The Morgan fingerprint density at radius 3 is 2.52 bits per heavy atom. The molecule has 1 unspecified atom stereocenters. The number of para-hydroxylation sites is 1. The highest BCUT2D eigenvalue weighted by molar-refractivity contribution is 7.20. The van der Waals surface area contributed by atoms with Crippen LogP contribution in [-0.4, -0.2) is 23.0 Å². The van der Waals surface area contributed by atoms with Crippen LogP contribution >= 0.6 is 11.3 Å². The van der Waals surface area contributed by atoms with Gasteiger partial charge in [0.15, 0.2) is 0 Å². The lowest BCUT2D eigenvalue weighted by atomic mass is 10.1. The zero-order valence-corrected chi connectivity index (χ0v) is 14.1. The summed E-state index contributed by atoms with van der Waals surface area (Å²) in [6, 6.07) is 17.0. The van der Waals surface area contributed by atoms with E-state index < -0.39 is 0 Å². The number of ether oxygens (including phenoxy) is 1. The van der Waals surface area contributed by atoms with Crippen LogP contribution in [0.5, 0.6) is 10.9 Å². The molecular formula is C19H20N2OS. The van der Waals surface area contributed by atoms with Crippen LogP contribution in [0.1, 0.15) is 31.4 Å². The zero-order valence-electron chi connectivity index (χ0n) is 13.2. The van der Waals surface area contributed by atoms with Gasteiger partial charge in [0.1, 0.15) is 5.75 Å². The number of hydrogen-bond acceptors (Lipinski definition) is 4. The van der Waals surface area contributed by atoms with Crippen molar-refractivity contribution < 1.29 is 4.74 Å². The molecule has 0 N–H and O–H groups in total. The smallest absolute Gasteiger partial charge is 0.279 e. The van der Waals surface area contributed by atoms with Crippen LogP contribution in [0.25, 0.3) is 10.2 Å². The number of likely N-dealkylation sites (tertiary alicyclic amines) is 1. The molecule has 0 spiro atoms. The molecule has 1 aliphatic rings. The van der Waals surface area contributed by atoms with Gasteiger partial charge in [-0.25, -0.2) is 4.98 Å². The molecule has 1 aliphatic heterocycles. The molecule has 0 aliphatic carbocycles. The van der Waals surface area contributed by atoms with Crippen molar-refractivity contribution in [3.8, 4) is 10.9 Å². The average molecular weight is 324 g/mol. The Labute approximate surface area is 140 Å². The maximum Gasteiger partial charge on any atom is 0.279 e. The third-order valence-corrected chi connectivity index (χ3v) is 5.44. The molecule has 2 aromatic carbocycles. The predicted octanol–water partition coefficient (Wildman–Crippen LogP) is 5.25. The Morgan fingerprint density at radius 2 is 1.78 bits per heavy atom. The molecule has 4 rings (SSSR count). The van der Waals surface area contributed by atoms with Gasteiger partial charge in [0.2, 0.25) is 0 Å². The summed E-state index contributed by atoms with van der Waals surface area (Å²) in [5, 5.41) is 0.701. The van der Waals surface area contributed by atoms with E-state index in [0.717, 1.165) is 16.0 Å². The Kier molecular flexibility index (Phi) is 4.02. The van der Waals surface area contributed by atoms with Crippen molar-refractivity contribution in [2.45, 2.75) is 25.8 Å². The van der Waals surface area contributed by atoms with E-state index in [1.807, 2.05) is 30.3 Å². The highest BCUT2D eigenvalue weighted by Gasteiger charge is 2.19. The Bertz CT molecular complexity index is 757. The summed E-state index contributed by atoms with van der Waals surface area (Å²) in [6.07, 6.45) is 2.65. The van der Waals surface area contributed by atoms with Crippen LogP contribution in [0.4, 0.5) is 0 Å². The van der Waals surface area contributed by atoms with Gasteiger partial charge in [0, 0.05) is 6.04 Å².